The molecule has 2 atom stereocenters. The summed E-state index contributed by atoms with van der Waals surface area (Å²) in [6.45, 7) is 9.86. The second-order valence-electron chi connectivity index (χ2n) is 7.26. The van der Waals surface area contributed by atoms with E-state index in [4.69, 9.17) is 4.74 Å². The first kappa shape index (κ1) is 16.8. The smallest absolute Gasteiger partial charge is 0.220 e. The Bertz CT molecular complexity index is 549. The molecule has 1 aliphatic heterocycles. The summed E-state index contributed by atoms with van der Waals surface area (Å²) >= 11 is 0. The first-order chi connectivity index (χ1) is 10.2. The number of carbonyl (C=O) groups excluding carboxylic acids is 1. The fourth-order valence-corrected chi connectivity index (χ4v) is 2.89. The lowest BCUT2D eigenvalue weighted by Gasteiger charge is -2.38. The van der Waals surface area contributed by atoms with Crippen LogP contribution in [0, 0.1) is 5.92 Å². The predicted molar refractivity (Wildman–Crippen MR) is 86.7 cm³/mol. The van der Waals surface area contributed by atoms with Crippen LogP contribution >= 0.6 is 0 Å². The van der Waals surface area contributed by atoms with Crippen LogP contribution in [0.25, 0.3) is 0 Å². The van der Waals surface area contributed by atoms with Gasteiger partial charge in [-0.25, -0.2) is 0 Å². The molecule has 2 unspecified atom stereocenters. The van der Waals surface area contributed by atoms with Crippen molar-refractivity contribution in [2.45, 2.75) is 65.2 Å². The lowest BCUT2D eigenvalue weighted by molar-refractivity contribution is -0.123. The highest BCUT2D eigenvalue weighted by atomic mass is 16.5. The molecule has 1 aromatic carbocycles. The summed E-state index contributed by atoms with van der Waals surface area (Å²) in [5.74, 6) is 1.18. The Morgan fingerprint density at radius 2 is 2.09 bits per heavy atom. The van der Waals surface area contributed by atoms with Crippen molar-refractivity contribution in [3.63, 3.8) is 0 Å². The second-order valence-corrected chi connectivity index (χ2v) is 7.26. The van der Waals surface area contributed by atoms with Crippen molar-refractivity contribution in [3.8, 4) is 5.75 Å². The van der Waals surface area contributed by atoms with Crippen LogP contribution in [0.2, 0.25) is 0 Å². The van der Waals surface area contributed by atoms with Crippen molar-refractivity contribution in [1.82, 2.24) is 5.32 Å². The summed E-state index contributed by atoms with van der Waals surface area (Å²) in [5, 5.41) is 12.9. The third-order valence-electron chi connectivity index (χ3n) is 3.90. The summed E-state index contributed by atoms with van der Waals surface area (Å²) in [6, 6.07) is 5.62. The molecule has 4 nitrogen and oxygen atoms in total. The quantitative estimate of drug-likeness (QED) is 0.895. The van der Waals surface area contributed by atoms with Crippen molar-refractivity contribution < 1.29 is 14.6 Å². The van der Waals surface area contributed by atoms with E-state index in [-0.39, 0.29) is 17.6 Å². The van der Waals surface area contributed by atoms with Crippen LogP contribution in [0.4, 0.5) is 0 Å². The Morgan fingerprint density at radius 1 is 1.41 bits per heavy atom. The SMILES string of the molecule is CC(C)CC(=O)NC1CC(C)(C)Oc2ccc(C(C)O)cc21. The Balaban J connectivity index is 2.30. The first-order valence-corrected chi connectivity index (χ1v) is 7.98. The lowest BCUT2D eigenvalue weighted by atomic mass is 9.88. The van der Waals surface area contributed by atoms with Crippen LogP contribution in [-0.4, -0.2) is 16.6 Å². The van der Waals surface area contributed by atoms with E-state index >= 15 is 0 Å². The van der Waals surface area contributed by atoms with Crippen molar-refractivity contribution >= 4 is 5.91 Å². The van der Waals surface area contributed by atoms with Crippen LogP contribution in [0.5, 0.6) is 5.75 Å². The molecule has 1 aliphatic rings. The molecule has 4 heteroatoms. The molecule has 122 valence electrons. The topological polar surface area (TPSA) is 58.6 Å². The van der Waals surface area contributed by atoms with Gasteiger partial charge in [0.2, 0.25) is 5.91 Å². The largest absolute Gasteiger partial charge is 0.487 e. The molecule has 0 aliphatic carbocycles. The predicted octanol–water partition coefficient (Wildman–Crippen LogP) is 3.50. The maximum absolute atomic E-state index is 12.2. The van der Waals surface area contributed by atoms with Gasteiger partial charge < -0.3 is 15.2 Å². The molecule has 1 aromatic rings. The number of aliphatic hydroxyl groups excluding tert-OH is 1. The summed E-state index contributed by atoms with van der Waals surface area (Å²) in [5.41, 5.74) is 1.47. The normalized spacial score (nSPS) is 21.0. The number of hydrogen-bond acceptors (Lipinski definition) is 3. The zero-order chi connectivity index (χ0) is 16.5. The van der Waals surface area contributed by atoms with Gasteiger partial charge in [-0.1, -0.05) is 19.9 Å². The van der Waals surface area contributed by atoms with Gasteiger partial charge in [-0.15, -0.1) is 0 Å². The van der Waals surface area contributed by atoms with Gasteiger partial charge in [-0.05, 0) is 44.4 Å². The Morgan fingerprint density at radius 3 is 2.68 bits per heavy atom. The van der Waals surface area contributed by atoms with Gasteiger partial charge in [-0.2, -0.15) is 0 Å². The third-order valence-corrected chi connectivity index (χ3v) is 3.90. The Hall–Kier alpha value is -1.55. The molecule has 1 heterocycles. The highest BCUT2D eigenvalue weighted by Crippen LogP contribution is 2.40. The van der Waals surface area contributed by atoms with Gasteiger partial charge in [0.05, 0.1) is 12.1 Å². The van der Waals surface area contributed by atoms with Gasteiger partial charge in [0.1, 0.15) is 11.4 Å². The zero-order valence-electron chi connectivity index (χ0n) is 14.1. The summed E-state index contributed by atoms with van der Waals surface area (Å²) in [7, 11) is 0. The van der Waals surface area contributed by atoms with E-state index in [1.54, 1.807) is 6.92 Å². The molecule has 0 saturated heterocycles. The molecule has 0 saturated carbocycles. The zero-order valence-corrected chi connectivity index (χ0v) is 14.1. The average Bonchev–Trinajstić information content (AvgIpc) is 2.35. The van der Waals surface area contributed by atoms with E-state index in [2.05, 4.69) is 5.32 Å². The minimum atomic E-state index is -0.535. The van der Waals surface area contributed by atoms with Crippen LogP contribution in [0.1, 0.15) is 70.7 Å². The van der Waals surface area contributed by atoms with Crippen molar-refractivity contribution in [3.05, 3.63) is 29.3 Å². The van der Waals surface area contributed by atoms with Gasteiger partial charge >= 0.3 is 0 Å². The molecule has 0 radical (unpaired) electrons. The second kappa shape index (κ2) is 6.29. The molecule has 2 rings (SSSR count). The van der Waals surface area contributed by atoms with Crippen molar-refractivity contribution in [1.29, 1.82) is 0 Å². The fraction of sp³-hybridized carbons (Fsp3) is 0.611. The molecule has 0 spiro atoms. The van der Waals surface area contributed by atoms with E-state index in [1.165, 1.54) is 0 Å². The number of fused-ring (bicyclic) bond motifs is 1. The maximum Gasteiger partial charge on any atom is 0.220 e. The van der Waals surface area contributed by atoms with Gasteiger partial charge in [0.25, 0.3) is 0 Å². The third kappa shape index (κ3) is 4.01. The van der Waals surface area contributed by atoms with E-state index in [0.29, 0.717) is 18.8 Å². The molecule has 0 fully saturated rings. The van der Waals surface area contributed by atoms with Crippen LogP contribution in [0.15, 0.2) is 18.2 Å². The van der Waals surface area contributed by atoms with Gasteiger partial charge in [0, 0.05) is 18.4 Å². The minimum absolute atomic E-state index is 0.0612. The number of nitrogens with one attached hydrogen (secondary N) is 1. The van der Waals surface area contributed by atoms with E-state index in [9.17, 15) is 9.90 Å². The molecular weight excluding hydrogens is 278 g/mol. The number of carbonyl (C=O) groups is 1. The summed E-state index contributed by atoms with van der Waals surface area (Å²) in [4.78, 5) is 12.2. The number of ether oxygens (including phenoxy) is 1. The average molecular weight is 305 g/mol. The van der Waals surface area contributed by atoms with Crippen LogP contribution in [-0.2, 0) is 4.79 Å². The van der Waals surface area contributed by atoms with Gasteiger partial charge in [-0.3, -0.25) is 4.79 Å². The first-order valence-electron chi connectivity index (χ1n) is 7.98. The molecular formula is C18H27NO3. The van der Waals surface area contributed by atoms with Crippen LogP contribution in [0.3, 0.4) is 0 Å². The number of aliphatic hydroxyl groups is 1. The number of benzene rings is 1. The van der Waals surface area contributed by atoms with Crippen LogP contribution < -0.4 is 10.1 Å². The van der Waals surface area contributed by atoms with E-state index in [1.807, 2.05) is 45.9 Å². The maximum atomic E-state index is 12.2. The highest BCUT2D eigenvalue weighted by Gasteiger charge is 2.34. The van der Waals surface area contributed by atoms with Crippen molar-refractivity contribution in [2.75, 3.05) is 0 Å². The molecule has 0 aromatic heterocycles. The number of amides is 1. The Labute approximate surface area is 132 Å². The molecule has 22 heavy (non-hydrogen) atoms. The van der Waals surface area contributed by atoms with Crippen molar-refractivity contribution in [2.24, 2.45) is 5.92 Å². The minimum Gasteiger partial charge on any atom is -0.487 e. The molecule has 1 amide bonds. The number of rotatable bonds is 4. The number of hydrogen-bond donors (Lipinski definition) is 2. The standard InChI is InChI=1S/C18H27NO3/c1-11(2)8-17(21)19-15-10-18(4,5)22-16-7-6-13(12(3)20)9-14(15)16/h6-7,9,11-12,15,20H,8,10H2,1-5H3,(H,19,21). The summed E-state index contributed by atoms with van der Waals surface area (Å²) < 4.78 is 6.01. The molecule has 0 bridgehead atoms. The van der Waals surface area contributed by atoms with Gasteiger partial charge in [0.15, 0.2) is 0 Å². The summed E-state index contributed by atoms with van der Waals surface area (Å²) in [6.07, 6.45) is 0.697. The fourth-order valence-electron chi connectivity index (χ4n) is 2.89. The van der Waals surface area contributed by atoms with E-state index < -0.39 is 6.10 Å². The lowest BCUT2D eigenvalue weighted by Crippen LogP contribution is -2.41. The Kier molecular flexibility index (Phi) is 4.81. The highest BCUT2D eigenvalue weighted by molar-refractivity contribution is 5.76. The molecule has 2 N–H and O–H groups in total. The monoisotopic (exact) mass is 305 g/mol. The van der Waals surface area contributed by atoms with E-state index in [0.717, 1.165) is 16.9 Å².